The molecule has 0 bridgehead atoms. The molecule has 2 N–H and O–H groups in total. The Morgan fingerprint density at radius 1 is 1.17 bits per heavy atom. The fraction of sp³-hybridized carbons (Fsp3) is 0.269. The Labute approximate surface area is 215 Å². The van der Waals surface area contributed by atoms with Crippen LogP contribution < -0.4 is 10.2 Å². The van der Waals surface area contributed by atoms with Crippen LogP contribution >= 0.6 is 11.6 Å². The molecule has 2 aromatic carbocycles. The van der Waals surface area contributed by atoms with Gasteiger partial charge in [-0.25, -0.2) is 14.4 Å². The maximum atomic E-state index is 14.8. The van der Waals surface area contributed by atoms with Gasteiger partial charge < -0.3 is 15.3 Å². The summed E-state index contributed by atoms with van der Waals surface area (Å²) >= 11 is 6.01. The number of aromatic nitrogens is 2. The molecule has 5 rings (SSSR count). The molecular formula is C26H24ClFN4O3S. The van der Waals surface area contributed by atoms with Crippen molar-refractivity contribution < 1.29 is 18.5 Å². The van der Waals surface area contributed by atoms with Crippen molar-refractivity contribution in [3.05, 3.63) is 76.5 Å². The number of nitrogens with zero attached hydrogens (tertiary/aromatic N) is 3. The Kier molecular flexibility index (Phi) is 7.02. The molecule has 2 aliphatic rings. The molecule has 3 aromatic rings. The van der Waals surface area contributed by atoms with Gasteiger partial charge in [-0.05, 0) is 66.8 Å². The SMILES string of the molecule is O=C(O)Cc1ccc(Nc2nc(C3=CCN(c4ccc(Cl)cc4)CC3)nc3c2[S@](=O)CCC3)c(F)c1. The van der Waals surface area contributed by atoms with Crippen molar-refractivity contribution >= 4 is 51.1 Å². The number of carbonyl (C=O) groups is 1. The maximum Gasteiger partial charge on any atom is 0.307 e. The molecule has 1 aromatic heterocycles. The van der Waals surface area contributed by atoms with Gasteiger partial charge in [-0.15, -0.1) is 0 Å². The van der Waals surface area contributed by atoms with E-state index in [0.29, 0.717) is 45.8 Å². The molecule has 0 spiro atoms. The zero-order chi connectivity index (χ0) is 25.2. The van der Waals surface area contributed by atoms with Gasteiger partial charge >= 0.3 is 5.97 Å². The third kappa shape index (κ3) is 5.27. The lowest BCUT2D eigenvalue weighted by Crippen LogP contribution is -2.28. The number of anilines is 3. The van der Waals surface area contributed by atoms with Gasteiger partial charge in [-0.3, -0.25) is 9.00 Å². The normalized spacial score (nSPS) is 17.3. The number of carboxylic acid groups (broad SMARTS) is 1. The third-order valence-electron chi connectivity index (χ3n) is 6.24. The molecule has 0 saturated carbocycles. The van der Waals surface area contributed by atoms with E-state index >= 15 is 0 Å². The summed E-state index contributed by atoms with van der Waals surface area (Å²) in [4.78, 5) is 23.2. The minimum absolute atomic E-state index is 0.144. The molecule has 0 amide bonds. The highest BCUT2D eigenvalue weighted by Gasteiger charge is 2.26. The van der Waals surface area contributed by atoms with Crippen molar-refractivity contribution in [2.24, 2.45) is 0 Å². The fourth-order valence-electron chi connectivity index (χ4n) is 4.44. The molecular weight excluding hydrogens is 503 g/mol. The standard InChI is InChI=1S/C26H24ClFN4O3S/c27-18-4-6-19(7-5-18)32-11-9-17(10-12-32)25-30-22-2-1-13-36(35)24(22)26(31-25)29-21-8-3-16(14-20(21)28)15-23(33)34/h3-9,14H,1-2,10-13,15H2,(H,33,34)(H,29,30,31)/t36-/m1/s1. The van der Waals surface area contributed by atoms with Gasteiger partial charge in [-0.2, -0.15) is 0 Å². The topological polar surface area (TPSA) is 95.4 Å². The molecule has 0 radical (unpaired) electrons. The number of hydrogen-bond donors (Lipinski definition) is 2. The van der Waals surface area contributed by atoms with Crippen molar-refractivity contribution in [3.63, 3.8) is 0 Å². The van der Waals surface area contributed by atoms with Crippen molar-refractivity contribution in [3.8, 4) is 0 Å². The highest BCUT2D eigenvalue weighted by Crippen LogP contribution is 2.33. The van der Waals surface area contributed by atoms with E-state index in [1.54, 1.807) is 6.07 Å². The molecule has 10 heteroatoms. The van der Waals surface area contributed by atoms with Crippen LogP contribution in [0.25, 0.3) is 5.57 Å². The van der Waals surface area contributed by atoms with Crippen LogP contribution in [0.2, 0.25) is 5.02 Å². The van der Waals surface area contributed by atoms with E-state index in [1.165, 1.54) is 12.1 Å². The number of fused-ring (bicyclic) bond motifs is 1. The van der Waals surface area contributed by atoms with Crippen LogP contribution in [-0.4, -0.2) is 44.1 Å². The van der Waals surface area contributed by atoms with E-state index in [1.807, 2.05) is 24.3 Å². The van der Waals surface area contributed by atoms with Crippen LogP contribution in [-0.2, 0) is 28.4 Å². The van der Waals surface area contributed by atoms with Crippen LogP contribution in [0.1, 0.15) is 29.9 Å². The number of nitrogens with one attached hydrogen (secondary N) is 1. The van der Waals surface area contributed by atoms with Crippen LogP contribution in [0.5, 0.6) is 0 Å². The summed E-state index contributed by atoms with van der Waals surface area (Å²) in [5.41, 5.74) is 3.29. The van der Waals surface area contributed by atoms with Crippen LogP contribution in [0.3, 0.4) is 0 Å². The molecule has 0 unspecified atom stereocenters. The monoisotopic (exact) mass is 526 g/mol. The molecule has 7 nitrogen and oxygen atoms in total. The lowest BCUT2D eigenvalue weighted by atomic mass is 10.1. The fourth-order valence-corrected chi connectivity index (χ4v) is 5.90. The van der Waals surface area contributed by atoms with Crippen molar-refractivity contribution in [1.82, 2.24) is 9.97 Å². The minimum atomic E-state index is -1.29. The molecule has 2 aliphatic heterocycles. The third-order valence-corrected chi connectivity index (χ3v) is 8.03. The van der Waals surface area contributed by atoms with E-state index in [4.69, 9.17) is 26.7 Å². The summed E-state index contributed by atoms with van der Waals surface area (Å²) in [6, 6.07) is 11.9. The van der Waals surface area contributed by atoms with Crippen LogP contribution in [0.15, 0.2) is 53.4 Å². The molecule has 186 valence electrons. The zero-order valence-corrected chi connectivity index (χ0v) is 20.9. The highest BCUT2D eigenvalue weighted by molar-refractivity contribution is 7.85. The van der Waals surface area contributed by atoms with Crippen LogP contribution in [0.4, 0.5) is 21.6 Å². The van der Waals surface area contributed by atoms with Gasteiger partial charge in [-0.1, -0.05) is 23.7 Å². The first kappa shape index (κ1) is 24.4. The number of aliphatic carboxylic acids is 1. The van der Waals surface area contributed by atoms with Crippen molar-refractivity contribution in [1.29, 1.82) is 0 Å². The largest absolute Gasteiger partial charge is 0.481 e. The van der Waals surface area contributed by atoms with Gasteiger partial charge in [0.15, 0.2) is 11.6 Å². The Morgan fingerprint density at radius 3 is 2.67 bits per heavy atom. The summed E-state index contributed by atoms with van der Waals surface area (Å²) < 4.78 is 27.7. The second-order valence-electron chi connectivity index (χ2n) is 8.74. The van der Waals surface area contributed by atoms with Gasteiger partial charge in [0.1, 0.15) is 10.7 Å². The van der Waals surface area contributed by atoms with Gasteiger partial charge in [0.05, 0.1) is 28.6 Å². The second kappa shape index (κ2) is 10.4. The average Bonchev–Trinajstić information content (AvgIpc) is 2.86. The van der Waals surface area contributed by atoms with Crippen molar-refractivity contribution in [2.75, 3.05) is 29.1 Å². The molecule has 3 heterocycles. The molecule has 1 atom stereocenters. The molecule has 36 heavy (non-hydrogen) atoms. The maximum absolute atomic E-state index is 14.8. The highest BCUT2D eigenvalue weighted by atomic mass is 35.5. The van der Waals surface area contributed by atoms with Crippen molar-refractivity contribution in [2.45, 2.75) is 30.6 Å². The molecule has 0 saturated heterocycles. The van der Waals surface area contributed by atoms with Gasteiger partial charge in [0.25, 0.3) is 0 Å². The Bertz CT molecular complexity index is 1380. The zero-order valence-electron chi connectivity index (χ0n) is 19.3. The van der Waals surface area contributed by atoms with E-state index in [0.717, 1.165) is 36.3 Å². The first-order valence-electron chi connectivity index (χ1n) is 11.6. The quantitative estimate of drug-likeness (QED) is 0.467. The predicted octanol–water partition coefficient (Wildman–Crippen LogP) is 4.99. The van der Waals surface area contributed by atoms with E-state index in [9.17, 15) is 13.4 Å². The average molecular weight is 527 g/mol. The number of carboxylic acids is 1. The number of benzene rings is 2. The van der Waals surface area contributed by atoms with E-state index in [-0.39, 0.29) is 12.1 Å². The summed E-state index contributed by atoms with van der Waals surface area (Å²) in [5.74, 6) is -0.244. The number of rotatable bonds is 6. The van der Waals surface area contributed by atoms with Gasteiger partial charge in [0.2, 0.25) is 0 Å². The smallest absolute Gasteiger partial charge is 0.307 e. The Balaban J connectivity index is 1.45. The Morgan fingerprint density at radius 2 is 1.97 bits per heavy atom. The summed E-state index contributed by atoms with van der Waals surface area (Å²) in [6.45, 7) is 1.47. The first-order chi connectivity index (χ1) is 17.4. The van der Waals surface area contributed by atoms with E-state index in [2.05, 4.69) is 16.3 Å². The number of aryl methyl sites for hydroxylation is 1. The summed E-state index contributed by atoms with van der Waals surface area (Å²) in [7, 11) is -1.29. The van der Waals surface area contributed by atoms with E-state index < -0.39 is 22.6 Å². The number of hydrogen-bond acceptors (Lipinski definition) is 6. The minimum Gasteiger partial charge on any atom is -0.481 e. The van der Waals surface area contributed by atoms with Gasteiger partial charge in [0, 0.05) is 29.6 Å². The lowest BCUT2D eigenvalue weighted by molar-refractivity contribution is -0.136. The lowest BCUT2D eigenvalue weighted by Gasteiger charge is -2.28. The predicted molar refractivity (Wildman–Crippen MR) is 139 cm³/mol. The first-order valence-corrected chi connectivity index (χ1v) is 13.3. The molecule has 0 fully saturated rings. The summed E-state index contributed by atoms with van der Waals surface area (Å²) in [5, 5.41) is 12.7. The molecule has 0 aliphatic carbocycles. The Hall–Kier alpha value is -3.30. The summed E-state index contributed by atoms with van der Waals surface area (Å²) in [6.07, 6.45) is 3.98. The second-order valence-corrected chi connectivity index (χ2v) is 10.7. The van der Waals surface area contributed by atoms with Crippen LogP contribution in [0, 0.1) is 5.82 Å². The number of halogens is 2.